The summed E-state index contributed by atoms with van der Waals surface area (Å²) >= 11 is 2.86. The highest BCUT2D eigenvalue weighted by atomic mass is 79.9. The smallest absolute Gasteiger partial charge is 0.352 e. The summed E-state index contributed by atoms with van der Waals surface area (Å²) in [6, 6.07) is 3.51. The van der Waals surface area contributed by atoms with Crippen LogP contribution in [0.1, 0.15) is 22.3 Å². The summed E-state index contributed by atoms with van der Waals surface area (Å²) < 4.78 is 38.3. The molecule has 1 saturated heterocycles. The number of hydrogen-bond acceptors (Lipinski definition) is 2. The Hall–Kier alpha value is -1.08. The number of halogens is 4. The van der Waals surface area contributed by atoms with Gasteiger partial charge in [-0.05, 0) is 44.1 Å². The van der Waals surface area contributed by atoms with Crippen LogP contribution in [0.15, 0.2) is 22.7 Å². The lowest BCUT2D eigenvalue weighted by Gasteiger charge is -2.13. The molecule has 0 radical (unpaired) electrons. The van der Waals surface area contributed by atoms with E-state index in [9.17, 15) is 18.0 Å². The van der Waals surface area contributed by atoms with E-state index in [1.807, 2.05) is 7.05 Å². The standard InChI is InChI=1S/C14H16BrF3N2O/c1-20-5-4-9(8-20)7-19-13(21)10-2-3-12(15)11(6-10)14(16,17)18/h2-3,6,9H,4-5,7-8H2,1H3,(H,19,21). The van der Waals surface area contributed by atoms with Gasteiger partial charge in [0.15, 0.2) is 0 Å². The molecule has 0 aliphatic carbocycles. The van der Waals surface area contributed by atoms with E-state index in [1.165, 1.54) is 12.1 Å². The van der Waals surface area contributed by atoms with Crippen LogP contribution in [0, 0.1) is 5.92 Å². The van der Waals surface area contributed by atoms with Crippen molar-refractivity contribution in [1.29, 1.82) is 0 Å². The van der Waals surface area contributed by atoms with Gasteiger partial charge >= 0.3 is 6.18 Å². The van der Waals surface area contributed by atoms with Gasteiger partial charge in [0.1, 0.15) is 0 Å². The fourth-order valence-electron chi connectivity index (χ4n) is 2.42. The molecule has 1 amide bonds. The first-order chi connectivity index (χ1) is 9.77. The molecule has 7 heteroatoms. The van der Waals surface area contributed by atoms with E-state index in [4.69, 9.17) is 0 Å². The monoisotopic (exact) mass is 364 g/mol. The molecule has 3 nitrogen and oxygen atoms in total. The first-order valence-corrected chi connectivity index (χ1v) is 7.40. The fourth-order valence-corrected chi connectivity index (χ4v) is 2.89. The van der Waals surface area contributed by atoms with Crippen molar-refractivity contribution < 1.29 is 18.0 Å². The molecule has 0 saturated carbocycles. The van der Waals surface area contributed by atoms with Crippen molar-refractivity contribution in [2.45, 2.75) is 12.6 Å². The summed E-state index contributed by atoms with van der Waals surface area (Å²) in [7, 11) is 2.01. The lowest BCUT2D eigenvalue weighted by Crippen LogP contribution is -2.30. The normalized spacial score (nSPS) is 19.8. The van der Waals surface area contributed by atoms with Crippen molar-refractivity contribution in [2.24, 2.45) is 5.92 Å². The molecule has 1 heterocycles. The Morgan fingerprint density at radius 2 is 2.19 bits per heavy atom. The quantitative estimate of drug-likeness (QED) is 0.893. The van der Waals surface area contributed by atoms with E-state index in [-0.39, 0.29) is 10.0 Å². The van der Waals surface area contributed by atoms with Gasteiger partial charge in [-0.25, -0.2) is 0 Å². The molecular weight excluding hydrogens is 349 g/mol. The first-order valence-electron chi connectivity index (χ1n) is 6.61. The van der Waals surface area contributed by atoms with E-state index >= 15 is 0 Å². The molecule has 1 aromatic carbocycles. The average Bonchev–Trinajstić information content (AvgIpc) is 2.81. The summed E-state index contributed by atoms with van der Waals surface area (Å²) in [5, 5.41) is 2.71. The van der Waals surface area contributed by atoms with Gasteiger partial charge in [0.2, 0.25) is 0 Å². The predicted octanol–water partition coefficient (Wildman–Crippen LogP) is 3.15. The molecule has 1 N–H and O–H groups in total. The predicted molar refractivity (Wildman–Crippen MR) is 77.1 cm³/mol. The minimum Gasteiger partial charge on any atom is -0.352 e. The molecule has 0 aromatic heterocycles. The van der Waals surface area contributed by atoms with Crippen molar-refractivity contribution in [3.05, 3.63) is 33.8 Å². The second-order valence-electron chi connectivity index (χ2n) is 5.32. The topological polar surface area (TPSA) is 32.3 Å². The van der Waals surface area contributed by atoms with Gasteiger partial charge in [-0.3, -0.25) is 4.79 Å². The lowest BCUT2D eigenvalue weighted by molar-refractivity contribution is -0.138. The van der Waals surface area contributed by atoms with Crippen molar-refractivity contribution in [1.82, 2.24) is 10.2 Å². The third-order valence-corrected chi connectivity index (χ3v) is 4.27. The largest absolute Gasteiger partial charge is 0.417 e. The SMILES string of the molecule is CN1CCC(CNC(=O)c2ccc(Br)c(C(F)(F)F)c2)C1. The van der Waals surface area contributed by atoms with Gasteiger partial charge in [-0.15, -0.1) is 0 Å². The number of benzene rings is 1. The van der Waals surface area contributed by atoms with E-state index in [0.717, 1.165) is 25.6 Å². The van der Waals surface area contributed by atoms with Crippen LogP contribution in [0.2, 0.25) is 0 Å². The molecule has 1 aliphatic rings. The van der Waals surface area contributed by atoms with Crippen molar-refractivity contribution in [3.63, 3.8) is 0 Å². The van der Waals surface area contributed by atoms with Gasteiger partial charge in [-0.1, -0.05) is 15.9 Å². The molecule has 1 fully saturated rings. The highest BCUT2D eigenvalue weighted by Gasteiger charge is 2.33. The summed E-state index contributed by atoms with van der Waals surface area (Å²) in [5.41, 5.74) is -0.812. The van der Waals surface area contributed by atoms with Crippen LogP contribution in [-0.4, -0.2) is 37.5 Å². The Kier molecular flexibility index (Phi) is 4.93. The van der Waals surface area contributed by atoms with Crippen LogP contribution in [0.3, 0.4) is 0 Å². The number of rotatable bonds is 3. The zero-order chi connectivity index (χ0) is 15.6. The van der Waals surface area contributed by atoms with Crippen molar-refractivity contribution in [2.75, 3.05) is 26.7 Å². The van der Waals surface area contributed by atoms with E-state index in [2.05, 4.69) is 26.1 Å². The number of nitrogens with one attached hydrogen (secondary N) is 1. The fraction of sp³-hybridized carbons (Fsp3) is 0.500. The Morgan fingerprint density at radius 3 is 2.76 bits per heavy atom. The van der Waals surface area contributed by atoms with Gasteiger partial charge in [0.05, 0.1) is 5.56 Å². The molecule has 0 spiro atoms. The van der Waals surface area contributed by atoms with Crippen LogP contribution in [0.4, 0.5) is 13.2 Å². The maximum Gasteiger partial charge on any atom is 0.417 e. The van der Waals surface area contributed by atoms with Gasteiger partial charge in [0, 0.05) is 23.1 Å². The number of likely N-dealkylation sites (tertiary alicyclic amines) is 1. The zero-order valence-corrected chi connectivity index (χ0v) is 13.1. The number of alkyl halides is 3. The molecule has 21 heavy (non-hydrogen) atoms. The van der Waals surface area contributed by atoms with Crippen LogP contribution in [0.5, 0.6) is 0 Å². The van der Waals surface area contributed by atoms with Gasteiger partial charge < -0.3 is 10.2 Å². The third kappa shape index (κ3) is 4.20. The molecule has 1 aliphatic heterocycles. The van der Waals surface area contributed by atoms with Crippen LogP contribution >= 0.6 is 15.9 Å². The molecule has 1 unspecified atom stereocenters. The highest BCUT2D eigenvalue weighted by Crippen LogP contribution is 2.35. The molecule has 0 bridgehead atoms. The van der Waals surface area contributed by atoms with Crippen LogP contribution in [0.25, 0.3) is 0 Å². The molecule has 2 rings (SSSR count). The van der Waals surface area contributed by atoms with Crippen LogP contribution in [-0.2, 0) is 6.18 Å². The van der Waals surface area contributed by atoms with Crippen molar-refractivity contribution >= 4 is 21.8 Å². The second-order valence-corrected chi connectivity index (χ2v) is 6.17. The Morgan fingerprint density at radius 1 is 1.48 bits per heavy atom. The number of carbonyl (C=O) groups is 1. The Balaban J connectivity index is 2.02. The molecule has 116 valence electrons. The summed E-state index contributed by atoms with van der Waals surface area (Å²) in [6.45, 7) is 2.37. The summed E-state index contributed by atoms with van der Waals surface area (Å²) in [4.78, 5) is 14.1. The number of nitrogens with zero attached hydrogens (tertiary/aromatic N) is 1. The van der Waals surface area contributed by atoms with E-state index < -0.39 is 17.6 Å². The minimum atomic E-state index is -4.48. The van der Waals surface area contributed by atoms with E-state index in [0.29, 0.717) is 12.5 Å². The maximum absolute atomic E-state index is 12.8. The van der Waals surface area contributed by atoms with Crippen molar-refractivity contribution in [3.8, 4) is 0 Å². The zero-order valence-electron chi connectivity index (χ0n) is 11.5. The summed E-state index contributed by atoms with van der Waals surface area (Å²) in [6.07, 6.45) is -3.49. The minimum absolute atomic E-state index is 0.0249. The summed E-state index contributed by atoms with van der Waals surface area (Å²) in [5.74, 6) is -0.112. The van der Waals surface area contributed by atoms with E-state index in [1.54, 1.807) is 0 Å². The average molecular weight is 365 g/mol. The number of amides is 1. The molecule has 1 atom stereocenters. The lowest BCUT2D eigenvalue weighted by atomic mass is 10.1. The third-order valence-electron chi connectivity index (χ3n) is 3.57. The van der Waals surface area contributed by atoms with Gasteiger partial charge in [0.25, 0.3) is 5.91 Å². The highest BCUT2D eigenvalue weighted by molar-refractivity contribution is 9.10. The van der Waals surface area contributed by atoms with Crippen LogP contribution < -0.4 is 5.32 Å². The van der Waals surface area contributed by atoms with Gasteiger partial charge in [-0.2, -0.15) is 13.2 Å². The first kappa shape index (κ1) is 16.3. The Labute approximate surface area is 129 Å². The number of hydrogen-bond donors (Lipinski definition) is 1. The molecular formula is C14H16BrF3N2O. The number of carbonyl (C=O) groups excluding carboxylic acids is 1. The molecule has 1 aromatic rings. The Bertz CT molecular complexity index is 533. The second kappa shape index (κ2) is 6.36. The maximum atomic E-state index is 12.8.